The second-order valence-electron chi connectivity index (χ2n) is 6.11. The Balaban J connectivity index is 2.74. The van der Waals surface area contributed by atoms with E-state index in [0.29, 0.717) is 5.56 Å². The number of carbonyl (C=O) groups is 2. The van der Waals surface area contributed by atoms with Crippen LogP contribution in [0.1, 0.15) is 44.5 Å². The average Bonchev–Trinajstić information content (AvgIpc) is 2.38. The van der Waals surface area contributed by atoms with E-state index in [9.17, 15) is 14.9 Å². The Morgan fingerprint density at radius 2 is 1.70 bits per heavy atom. The molecule has 0 aliphatic carbocycles. The number of imide groups is 1. The molecule has 0 saturated carbocycles. The van der Waals surface area contributed by atoms with Crippen molar-refractivity contribution in [3.05, 3.63) is 35.9 Å². The Morgan fingerprint density at radius 1 is 1.15 bits per heavy atom. The fourth-order valence-electron chi connectivity index (χ4n) is 1.63. The minimum absolute atomic E-state index is 0.00836. The molecule has 0 aliphatic heterocycles. The Morgan fingerprint density at radius 3 is 2.15 bits per heavy atom. The van der Waals surface area contributed by atoms with Crippen LogP contribution in [0.3, 0.4) is 0 Å². The maximum atomic E-state index is 12.0. The molecule has 1 aromatic rings. The molecule has 0 bridgehead atoms. The lowest BCUT2D eigenvalue weighted by atomic mass is 9.67. The van der Waals surface area contributed by atoms with Gasteiger partial charge in [0.15, 0.2) is 0 Å². The third kappa shape index (κ3) is 3.67. The number of hydrogen-bond acceptors (Lipinski definition) is 3. The first kappa shape index (κ1) is 15.9. The summed E-state index contributed by atoms with van der Waals surface area (Å²) in [4.78, 5) is 23.8. The smallest absolute Gasteiger partial charge is 0.257 e. The minimum atomic E-state index is -0.825. The zero-order chi connectivity index (χ0) is 15.4. The van der Waals surface area contributed by atoms with Gasteiger partial charge in [-0.2, -0.15) is 5.26 Å². The van der Waals surface area contributed by atoms with Gasteiger partial charge in [-0.3, -0.25) is 14.9 Å². The number of amides is 2. The van der Waals surface area contributed by atoms with Crippen molar-refractivity contribution in [3.8, 4) is 6.07 Å². The molecule has 4 heteroatoms. The van der Waals surface area contributed by atoms with Gasteiger partial charge in [0.2, 0.25) is 5.91 Å². The van der Waals surface area contributed by atoms with E-state index in [1.54, 1.807) is 37.3 Å². The van der Waals surface area contributed by atoms with E-state index >= 15 is 0 Å². The molecule has 0 aromatic heterocycles. The fraction of sp³-hybridized carbons (Fsp3) is 0.438. The third-order valence-electron chi connectivity index (χ3n) is 3.71. The number of hydrogen-bond donors (Lipinski definition) is 1. The molecule has 0 radical (unpaired) electrons. The summed E-state index contributed by atoms with van der Waals surface area (Å²) in [5.74, 6) is -0.873. The third-order valence-corrected chi connectivity index (χ3v) is 3.71. The Hall–Kier alpha value is -2.15. The predicted octanol–water partition coefficient (Wildman–Crippen LogP) is 2.91. The van der Waals surface area contributed by atoms with Gasteiger partial charge >= 0.3 is 0 Å². The van der Waals surface area contributed by atoms with Gasteiger partial charge in [0.05, 0.1) is 11.5 Å². The molecule has 4 nitrogen and oxygen atoms in total. The normalized spacial score (nSPS) is 13.9. The molecule has 0 unspecified atom stereocenters. The first-order valence-corrected chi connectivity index (χ1v) is 6.50. The van der Waals surface area contributed by atoms with Gasteiger partial charge in [-0.05, 0) is 24.5 Å². The fourth-order valence-corrected chi connectivity index (χ4v) is 1.63. The Labute approximate surface area is 119 Å². The molecule has 0 heterocycles. The van der Waals surface area contributed by atoms with Crippen LogP contribution in [0.2, 0.25) is 0 Å². The molecule has 2 amide bonds. The molecule has 106 valence electrons. The highest BCUT2D eigenvalue weighted by Crippen LogP contribution is 2.40. The van der Waals surface area contributed by atoms with Crippen molar-refractivity contribution in [2.75, 3.05) is 0 Å². The molecular weight excluding hydrogens is 252 g/mol. The maximum Gasteiger partial charge on any atom is 0.257 e. The molecule has 0 spiro atoms. The molecular formula is C16H20N2O2. The van der Waals surface area contributed by atoms with Gasteiger partial charge in [-0.1, -0.05) is 39.0 Å². The Kier molecular flexibility index (Phi) is 4.67. The Bertz CT molecular complexity index is 538. The number of rotatable bonds is 3. The first-order chi connectivity index (χ1) is 9.19. The maximum absolute atomic E-state index is 12.0. The zero-order valence-electron chi connectivity index (χ0n) is 12.4. The van der Waals surface area contributed by atoms with Gasteiger partial charge in [0, 0.05) is 12.0 Å². The van der Waals surface area contributed by atoms with E-state index in [4.69, 9.17) is 0 Å². The molecule has 1 atom stereocenters. The van der Waals surface area contributed by atoms with Crippen LogP contribution >= 0.6 is 0 Å². The summed E-state index contributed by atoms with van der Waals surface area (Å²) in [6, 6.07) is 10.7. The molecule has 1 N–H and O–H groups in total. The van der Waals surface area contributed by atoms with Gasteiger partial charge in [-0.25, -0.2) is 0 Å². The number of carbonyl (C=O) groups excluding carboxylic acids is 2. The SMILES string of the molecule is CC(C)(C)[C@](C)(C#N)CC(=O)NC(=O)c1ccccc1. The van der Waals surface area contributed by atoms with Crippen LogP contribution in [0.25, 0.3) is 0 Å². The monoisotopic (exact) mass is 272 g/mol. The van der Waals surface area contributed by atoms with Crippen molar-refractivity contribution in [2.24, 2.45) is 10.8 Å². The minimum Gasteiger partial charge on any atom is -0.292 e. The summed E-state index contributed by atoms with van der Waals surface area (Å²) in [6.45, 7) is 7.45. The number of nitrogens with one attached hydrogen (secondary N) is 1. The number of benzene rings is 1. The van der Waals surface area contributed by atoms with Gasteiger partial charge < -0.3 is 0 Å². The lowest BCUT2D eigenvalue weighted by molar-refractivity contribution is -0.122. The van der Waals surface area contributed by atoms with Crippen LogP contribution in [0.5, 0.6) is 0 Å². The lowest BCUT2D eigenvalue weighted by Crippen LogP contribution is -2.39. The predicted molar refractivity (Wildman–Crippen MR) is 76.7 cm³/mol. The highest BCUT2D eigenvalue weighted by molar-refractivity contribution is 6.04. The lowest BCUT2D eigenvalue weighted by Gasteiger charge is -2.35. The summed E-state index contributed by atoms with van der Waals surface area (Å²) >= 11 is 0. The van der Waals surface area contributed by atoms with Crippen LogP contribution < -0.4 is 5.32 Å². The van der Waals surface area contributed by atoms with Gasteiger partial charge in [0.25, 0.3) is 5.91 Å². The summed E-state index contributed by atoms with van der Waals surface area (Å²) in [7, 11) is 0. The second-order valence-corrected chi connectivity index (χ2v) is 6.11. The summed E-state index contributed by atoms with van der Waals surface area (Å²) in [5, 5.41) is 11.6. The van der Waals surface area contributed by atoms with Gasteiger partial charge in [0.1, 0.15) is 0 Å². The summed E-state index contributed by atoms with van der Waals surface area (Å²) in [5.41, 5.74) is -0.751. The van der Waals surface area contributed by atoms with E-state index in [0.717, 1.165) is 0 Å². The molecule has 20 heavy (non-hydrogen) atoms. The van der Waals surface area contributed by atoms with Crippen LogP contribution in [-0.2, 0) is 4.79 Å². The number of nitrogens with zero attached hydrogens (tertiary/aromatic N) is 1. The molecule has 0 saturated heterocycles. The number of nitriles is 1. The molecule has 1 rings (SSSR count). The molecule has 0 fully saturated rings. The molecule has 1 aromatic carbocycles. The van der Waals surface area contributed by atoms with E-state index in [1.165, 1.54) is 0 Å². The van der Waals surface area contributed by atoms with Crippen molar-refractivity contribution in [1.82, 2.24) is 5.32 Å². The largest absolute Gasteiger partial charge is 0.292 e. The second kappa shape index (κ2) is 5.87. The summed E-state index contributed by atoms with van der Waals surface area (Å²) in [6.07, 6.45) is -0.00836. The molecule has 0 aliphatic rings. The first-order valence-electron chi connectivity index (χ1n) is 6.50. The van der Waals surface area contributed by atoms with Crippen LogP contribution in [0, 0.1) is 22.2 Å². The quantitative estimate of drug-likeness (QED) is 0.919. The van der Waals surface area contributed by atoms with Crippen molar-refractivity contribution in [1.29, 1.82) is 5.26 Å². The van der Waals surface area contributed by atoms with E-state index < -0.39 is 17.2 Å². The average molecular weight is 272 g/mol. The van der Waals surface area contributed by atoms with E-state index in [2.05, 4.69) is 11.4 Å². The highest BCUT2D eigenvalue weighted by atomic mass is 16.2. The van der Waals surface area contributed by atoms with Crippen LogP contribution in [0.4, 0.5) is 0 Å². The van der Waals surface area contributed by atoms with Crippen molar-refractivity contribution in [2.45, 2.75) is 34.1 Å². The van der Waals surface area contributed by atoms with Crippen LogP contribution in [-0.4, -0.2) is 11.8 Å². The van der Waals surface area contributed by atoms with Crippen molar-refractivity contribution >= 4 is 11.8 Å². The summed E-state index contributed by atoms with van der Waals surface area (Å²) < 4.78 is 0. The van der Waals surface area contributed by atoms with E-state index in [-0.39, 0.29) is 11.8 Å². The van der Waals surface area contributed by atoms with Crippen molar-refractivity contribution < 1.29 is 9.59 Å². The van der Waals surface area contributed by atoms with Crippen molar-refractivity contribution in [3.63, 3.8) is 0 Å². The highest BCUT2D eigenvalue weighted by Gasteiger charge is 2.39. The van der Waals surface area contributed by atoms with Gasteiger partial charge in [-0.15, -0.1) is 0 Å². The standard InChI is InChI=1S/C16H20N2O2/c1-15(2,3)16(4,11-17)10-13(19)18-14(20)12-8-6-5-7-9-12/h5-9H,10H2,1-4H3,(H,18,19,20)/t16-/m0/s1. The van der Waals surface area contributed by atoms with E-state index in [1.807, 2.05) is 20.8 Å². The topological polar surface area (TPSA) is 70.0 Å². The van der Waals surface area contributed by atoms with Crippen LogP contribution in [0.15, 0.2) is 30.3 Å². The zero-order valence-corrected chi connectivity index (χ0v) is 12.4.